The summed E-state index contributed by atoms with van der Waals surface area (Å²) in [5, 5.41) is 8.27. The highest BCUT2D eigenvalue weighted by Crippen LogP contribution is 2.22. The predicted molar refractivity (Wildman–Crippen MR) is 137 cm³/mol. The number of nitrogens with one attached hydrogen (secondary N) is 1. The number of aryl methyl sites for hydroxylation is 4. The van der Waals surface area contributed by atoms with Crippen molar-refractivity contribution in [3.63, 3.8) is 0 Å². The average Bonchev–Trinajstić information content (AvgIpc) is 3.24. The fourth-order valence-electron chi connectivity index (χ4n) is 4.05. The third-order valence-electron chi connectivity index (χ3n) is 6.11. The molecule has 7 heteroatoms. The SMILES string of the molecule is Cc1ccccc1Cc1c(C)nc2nc(SCC(=O)N[C@H](C)CCc3ccccc3)nn2c1C. The first-order chi connectivity index (χ1) is 16.4. The fourth-order valence-corrected chi connectivity index (χ4v) is 4.68. The normalized spacial score (nSPS) is 12.1. The van der Waals surface area contributed by atoms with E-state index in [0.29, 0.717) is 10.9 Å². The maximum absolute atomic E-state index is 12.5. The van der Waals surface area contributed by atoms with Crippen LogP contribution < -0.4 is 5.32 Å². The van der Waals surface area contributed by atoms with Crippen molar-refractivity contribution in [3.8, 4) is 0 Å². The Hall–Kier alpha value is -3.19. The summed E-state index contributed by atoms with van der Waals surface area (Å²) in [4.78, 5) is 21.7. The lowest BCUT2D eigenvalue weighted by atomic mass is 9.99. The number of carbonyl (C=O) groups is 1. The number of fused-ring (bicyclic) bond motifs is 1. The molecule has 0 unspecified atom stereocenters. The van der Waals surface area contributed by atoms with Crippen LogP contribution in [0, 0.1) is 20.8 Å². The van der Waals surface area contributed by atoms with Crippen LogP contribution in [0.4, 0.5) is 0 Å². The Morgan fingerprint density at radius 2 is 1.76 bits per heavy atom. The lowest BCUT2D eigenvalue weighted by molar-refractivity contribution is -0.119. The molecule has 0 bridgehead atoms. The van der Waals surface area contributed by atoms with Gasteiger partial charge in [-0.25, -0.2) is 9.50 Å². The van der Waals surface area contributed by atoms with Crippen LogP contribution >= 0.6 is 11.8 Å². The van der Waals surface area contributed by atoms with Crippen LogP contribution in [0.25, 0.3) is 5.78 Å². The second kappa shape index (κ2) is 10.8. The standard InChI is InChI=1S/C27H31N5OS/c1-18-10-8-9-13-23(18)16-24-20(3)29-26-30-27(31-32(26)21(24)4)34-17-25(33)28-19(2)14-15-22-11-6-5-7-12-22/h5-13,19H,14-17H2,1-4H3,(H,28,33)/t19-/m1/s1. The van der Waals surface area contributed by atoms with Crippen LogP contribution in [0.15, 0.2) is 59.8 Å². The Bertz CT molecular complexity index is 1290. The van der Waals surface area contributed by atoms with Crippen LogP contribution in [0.3, 0.4) is 0 Å². The molecule has 0 fully saturated rings. The van der Waals surface area contributed by atoms with Crippen LogP contribution in [0.1, 0.15) is 47.0 Å². The Morgan fingerprint density at radius 3 is 2.53 bits per heavy atom. The van der Waals surface area contributed by atoms with Crippen molar-refractivity contribution >= 4 is 23.4 Å². The molecule has 4 aromatic rings. The van der Waals surface area contributed by atoms with Crippen molar-refractivity contribution in [2.75, 3.05) is 5.75 Å². The molecule has 0 radical (unpaired) electrons. The maximum atomic E-state index is 12.5. The van der Waals surface area contributed by atoms with E-state index in [1.807, 2.05) is 32.0 Å². The van der Waals surface area contributed by atoms with E-state index in [2.05, 4.69) is 70.6 Å². The van der Waals surface area contributed by atoms with Gasteiger partial charge in [0.1, 0.15) is 0 Å². The molecule has 1 atom stereocenters. The van der Waals surface area contributed by atoms with Gasteiger partial charge in [0, 0.05) is 23.9 Å². The smallest absolute Gasteiger partial charge is 0.253 e. The van der Waals surface area contributed by atoms with Crippen LogP contribution in [-0.2, 0) is 17.6 Å². The zero-order valence-corrected chi connectivity index (χ0v) is 21.0. The number of thioether (sulfide) groups is 1. The molecule has 4 rings (SSSR count). The largest absolute Gasteiger partial charge is 0.353 e. The number of carbonyl (C=O) groups excluding carboxylic acids is 1. The van der Waals surface area contributed by atoms with Gasteiger partial charge < -0.3 is 5.32 Å². The van der Waals surface area contributed by atoms with Crippen molar-refractivity contribution in [1.82, 2.24) is 24.9 Å². The molecular weight excluding hydrogens is 442 g/mol. The lowest BCUT2D eigenvalue weighted by Gasteiger charge is -2.13. The van der Waals surface area contributed by atoms with Crippen LogP contribution in [-0.4, -0.2) is 37.3 Å². The van der Waals surface area contributed by atoms with E-state index in [1.54, 1.807) is 4.52 Å². The zero-order valence-electron chi connectivity index (χ0n) is 20.2. The predicted octanol–water partition coefficient (Wildman–Crippen LogP) is 4.87. The summed E-state index contributed by atoms with van der Waals surface area (Å²) in [6, 6.07) is 18.8. The van der Waals surface area contributed by atoms with Gasteiger partial charge in [0.25, 0.3) is 5.78 Å². The van der Waals surface area contributed by atoms with Gasteiger partial charge >= 0.3 is 0 Å². The van der Waals surface area contributed by atoms with Gasteiger partial charge in [-0.15, -0.1) is 5.10 Å². The van der Waals surface area contributed by atoms with E-state index >= 15 is 0 Å². The minimum atomic E-state index is -0.00878. The molecule has 0 saturated heterocycles. The molecule has 1 N–H and O–H groups in total. The van der Waals surface area contributed by atoms with Crippen LogP contribution in [0.5, 0.6) is 0 Å². The lowest BCUT2D eigenvalue weighted by Crippen LogP contribution is -2.34. The third kappa shape index (κ3) is 5.83. The Labute approximate surface area is 205 Å². The molecule has 2 aromatic heterocycles. The maximum Gasteiger partial charge on any atom is 0.253 e. The number of amides is 1. The van der Waals surface area contributed by atoms with Gasteiger partial charge in [-0.2, -0.15) is 4.98 Å². The minimum absolute atomic E-state index is 0.00878. The highest BCUT2D eigenvalue weighted by atomic mass is 32.2. The highest BCUT2D eigenvalue weighted by Gasteiger charge is 2.16. The van der Waals surface area contributed by atoms with Gasteiger partial charge in [-0.1, -0.05) is 66.4 Å². The molecular formula is C27H31N5OS. The monoisotopic (exact) mass is 473 g/mol. The first-order valence-corrected chi connectivity index (χ1v) is 12.6. The van der Waals surface area contributed by atoms with Gasteiger partial charge in [0.2, 0.25) is 11.1 Å². The topological polar surface area (TPSA) is 72.2 Å². The first kappa shape index (κ1) is 24.0. The fraction of sp³-hybridized carbons (Fsp3) is 0.333. The Kier molecular flexibility index (Phi) is 7.63. The molecule has 2 aromatic carbocycles. The summed E-state index contributed by atoms with van der Waals surface area (Å²) in [6.07, 6.45) is 2.65. The van der Waals surface area contributed by atoms with Gasteiger partial charge in [-0.05, 0) is 62.8 Å². The molecule has 0 spiro atoms. The van der Waals surface area contributed by atoms with E-state index in [1.165, 1.54) is 28.5 Å². The molecule has 2 heterocycles. The number of benzene rings is 2. The Morgan fingerprint density at radius 1 is 1.03 bits per heavy atom. The average molecular weight is 474 g/mol. The molecule has 0 aliphatic carbocycles. The van der Waals surface area contributed by atoms with Crippen molar-refractivity contribution in [2.24, 2.45) is 0 Å². The molecule has 0 aliphatic rings. The molecule has 0 aliphatic heterocycles. The molecule has 34 heavy (non-hydrogen) atoms. The van der Waals surface area contributed by atoms with Crippen molar-refractivity contribution in [2.45, 2.75) is 58.2 Å². The van der Waals surface area contributed by atoms with Gasteiger partial charge in [0.15, 0.2) is 0 Å². The van der Waals surface area contributed by atoms with Gasteiger partial charge in [-0.3, -0.25) is 4.79 Å². The second-order valence-corrected chi connectivity index (χ2v) is 9.69. The quantitative estimate of drug-likeness (QED) is 0.351. The molecule has 1 amide bonds. The number of hydrogen-bond acceptors (Lipinski definition) is 5. The van der Waals surface area contributed by atoms with Crippen molar-refractivity contribution in [3.05, 3.63) is 88.2 Å². The summed E-state index contributed by atoms with van der Waals surface area (Å²) in [5.41, 5.74) is 6.98. The number of rotatable bonds is 9. The summed E-state index contributed by atoms with van der Waals surface area (Å²) in [5.74, 6) is 0.842. The summed E-state index contributed by atoms with van der Waals surface area (Å²) in [6.45, 7) is 8.25. The minimum Gasteiger partial charge on any atom is -0.353 e. The third-order valence-corrected chi connectivity index (χ3v) is 6.94. The van der Waals surface area contributed by atoms with E-state index in [4.69, 9.17) is 0 Å². The van der Waals surface area contributed by atoms with E-state index in [9.17, 15) is 4.79 Å². The van der Waals surface area contributed by atoms with Crippen LogP contribution in [0.2, 0.25) is 0 Å². The number of aromatic nitrogens is 4. The second-order valence-electron chi connectivity index (χ2n) is 8.75. The van der Waals surface area contributed by atoms with Gasteiger partial charge in [0.05, 0.1) is 5.75 Å². The summed E-state index contributed by atoms with van der Waals surface area (Å²) >= 11 is 1.34. The van der Waals surface area contributed by atoms with Crippen molar-refractivity contribution < 1.29 is 4.79 Å². The van der Waals surface area contributed by atoms with E-state index in [-0.39, 0.29) is 17.7 Å². The zero-order chi connectivity index (χ0) is 24.1. The first-order valence-electron chi connectivity index (χ1n) is 11.6. The summed E-state index contributed by atoms with van der Waals surface area (Å²) in [7, 11) is 0. The number of nitrogens with zero attached hydrogens (tertiary/aromatic N) is 4. The Balaban J connectivity index is 1.37. The van der Waals surface area contributed by atoms with Crippen molar-refractivity contribution in [1.29, 1.82) is 0 Å². The number of hydrogen-bond donors (Lipinski definition) is 1. The molecule has 6 nitrogen and oxygen atoms in total. The highest BCUT2D eigenvalue weighted by molar-refractivity contribution is 7.99. The van der Waals surface area contributed by atoms with E-state index < -0.39 is 0 Å². The summed E-state index contributed by atoms with van der Waals surface area (Å²) < 4.78 is 1.79. The van der Waals surface area contributed by atoms with E-state index in [0.717, 1.165) is 36.2 Å². The molecule has 0 saturated carbocycles. The molecule has 176 valence electrons.